The fourth-order valence-corrected chi connectivity index (χ4v) is 0.684. The molecule has 0 atom stereocenters. The van der Waals surface area contributed by atoms with Crippen LogP contribution in [0.5, 0.6) is 0 Å². The van der Waals surface area contributed by atoms with E-state index in [4.69, 9.17) is 24.4 Å². The quantitative estimate of drug-likeness (QED) is 0.265. The van der Waals surface area contributed by atoms with Gasteiger partial charge in [-0.25, -0.2) is 0 Å². The predicted molar refractivity (Wildman–Crippen MR) is 47.0 cm³/mol. The van der Waals surface area contributed by atoms with Gasteiger partial charge in [0.1, 0.15) is 5.60 Å². The molecule has 0 aliphatic rings. The minimum absolute atomic E-state index is 0. The second kappa shape index (κ2) is 22.1. The van der Waals surface area contributed by atoms with Crippen LogP contribution in [-0.2, 0) is 18.9 Å². The molecule has 0 spiro atoms. The van der Waals surface area contributed by atoms with Gasteiger partial charge in [0.05, 0.1) is 5.97 Å². The molecule has 0 aliphatic heterocycles. The number of aliphatic hydroxyl groups is 1. The van der Waals surface area contributed by atoms with E-state index in [1.54, 1.807) is 0 Å². The summed E-state index contributed by atoms with van der Waals surface area (Å²) in [6.07, 6.45) is -2.72. The van der Waals surface area contributed by atoms with Gasteiger partial charge in [0.15, 0.2) is 0 Å². The summed E-state index contributed by atoms with van der Waals surface area (Å²) in [6, 6.07) is 0. The molecule has 0 radical (unpaired) electrons. The molecule has 0 heterocycles. The van der Waals surface area contributed by atoms with Crippen molar-refractivity contribution in [1.29, 1.82) is 0 Å². The number of rotatable bonds is 5. The first-order chi connectivity index (χ1) is 7.78. The van der Waals surface area contributed by atoms with Crippen LogP contribution in [0, 0.1) is 0 Å². The molecule has 0 rings (SSSR count). The second-order valence-electron chi connectivity index (χ2n) is 2.91. The van der Waals surface area contributed by atoms with Crippen LogP contribution < -0.4 is 165 Å². The average Bonchev–Trinajstić information content (AvgIpc) is 1.95. The zero-order chi connectivity index (χ0) is 15.1. The molecule has 0 unspecified atom stereocenters. The zero-order valence-electron chi connectivity index (χ0n) is 12.6. The van der Waals surface area contributed by atoms with E-state index in [2.05, 4.69) is 0 Å². The van der Waals surface area contributed by atoms with Gasteiger partial charge < -0.3 is 61.9 Å². The van der Waals surface area contributed by atoms with E-state index in [1.807, 2.05) is 0 Å². The van der Waals surface area contributed by atoms with E-state index in [0.717, 1.165) is 0 Å². The normalized spacial score (nSPS) is 8.70. The number of carbonyl (C=O) groups is 3. The third kappa shape index (κ3) is 37.3. The van der Waals surface area contributed by atoms with Crippen molar-refractivity contribution in [3.05, 3.63) is 0 Å². The minimum atomic E-state index is -4.89. The predicted octanol–water partition coefficient (Wildman–Crippen LogP) is -19.2. The van der Waals surface area contributed by atoms with Crippen molar-refractivity contribution in [3.63, 3.8) is 0 Å². The molecule has 3 N–H and O–H groups in total. The molecular weight excluding hydrogens is 440 g/mol. The number of phosphoric acid groups is 1. The summed E-state index contributed by atoms with van der Waals surface area (Å²) in [5.41, 5.74) is -2.97. The van der Waals surface area contributed by atoms with Crippen LogP contribution in [0.1, 0.15) is 12.8 Å². The van der Waals surface area contributed by atoms with E-state index < -0.39 is 44.2 Å². The van der Waals surface area contributed by atoms with Crippen molar-refractivity contribution in [2.75, 3.05) is 0 Å². The topological polar surface area (TPSA) is 221 Å². The Balaban J connectivity index is -0.0000000455. The molecule has 11 nitrogen and oxygen atoms in total. The van der Waals surface area contributed by atoms with Gasteiger partial charge in [0.25, 0.3) is 7.82 Å². The molecule has 0 saturated heterocycles. The fourth-order valence-electron chi connectivity index (χ4n) is 0.684. The van der Waals surface area contributed by atoms with Crippen molar-refractivity contribution >= 4 is 48.8 Å². The van der Waals surface area contributed by atoms with Gasteiger partial charge in [-0.15, -0.1) is 0 Å². The summed E-state index contributed by atoms with van der Waals surface area (Å²) < 4.78 is 8.77. The largest absolute Gasteiger partial charge is 2.00 e. The molecule has 0 aromatic rings. The monoisotopic (exact) mass is 446 g/mol. The van der Waals surface area contributed by atoms with E-state index >= 15 is 0 Å². The molecule has 0 aliphatic carbocycles. The number of carboxylic acids is 3. The van der Waals surface area contributed by atoms with E-state index in [-0.39, 0.29) is 168 Å². The van der Waals surface area contributed by atoms with Crippen molar-refractivity contribution in [2.45, 2.75) is 18.4 Å². The maximum atomic E-state index is 10.1. The maximum absolute atomic E-state index is 10.1. The molecular formula is C6H7ClK2MgNaO11P. The third-order valence-electron chi connectivity index (χ3n) is 1.25. The van der Waals surface area contributed by atoms with Crippen molar-refractivity contribution in [2.24, 2.45) is 0 Å². The van der Waals surface area contributed by atoms with Crippen LogP contribution >= 0.6 is 7.82 Å². The number of hydrogen-bond donors (Lipinski definition) is 3. The van der Waals surface area contributed by atoms with Crippen LogP contribution in [0.2, 0.25) is 0 Å². The zero-order valence-corrected chi connectivity index (χ0v) is 23.9. The fraction of sp³-hybridized carbons (Fsp3) is 0.500. The smallest absolute Gasteiger partial charge is 1.00 e. The third-order valence-corrected chi connectivity index (χ3v) is 1.25. The van der Waals surface area contributed by atoms with Gasteiger partial charge >= 0.3 is 155 Å². The van der Waals surface area contributed by atoms with Crippen molar-refractivity contribution < 1.29 is 199 Å². The Bertz CT molecular complexity index is 370. The van der Waals surface area contributed by atoms with Gasteiger partial charge in [0.2, 0.25) is 0 Å². The molecule has 0 fully saturated rings. The number of hydrogen-bond acceptors (Lipinski definition) is 9. The van der Waals surface area contributed by atoms with Gasteiger partial charge in [-0.2, -0.15) is 0 Å². The van der Waals surface area contributed by atoms with Crippen LogP contribution in [0.3, 0.4) is 0 Å². The van der Waals surface area contributed by atoms with Crippen LogP contribution in [0.15, 0.2) is 0 Å². The summed E-state index contributed by atoms with van der Waals surface area (Å²) in [5, 5.41) is 38.9. The van der Waals surface area contributed by atoms with Gasteiger partial charge in [-0.05, 0) is 0 Å². The first kappa shape index (κ1) is 45.5. The molecule has 114 valence electrons. The summed E-state index contributed by atoms with van der Waals surface area (Å²) >= 11 is 0. The molecule has 17 heteroatoms. The van der Waals surface area contributed by atoms with Crippen LogP contribution in [0.4, 0.5) is 0 Å². The molecule has 23 heavy (non-hydrogen) atoms. The molecule has 0 aromatic carbocycles. The Kier molecular flexibility index (Phi) is 43.7. The van der Waals surface area contributed by atoms with Crippen LogP contribution in [-0.4, -0.2) is 61.5 Å². The Morgan fingerprint density at radius 1 is 0.957 bits per heavy atom. The summed E-state index contributed by atoms with van der Waals surface area (Å²) in [5.74, 6) is -5.98. The van der Waals surface area contributed by atoms with E-state index in [1.165, 1.54) is 0 Å². The first-order valence-electron chi connectivity index (χ1n) is 3.88. The Morgan fingerprint density at radius 2 is 1.13 bits per heavy atom. The van der Waals surface area contributed by atoms with Crippen molar-refractivity contribution in [3.8, 4) is 0 Å². The standard InChI is InChI=1S/C6H8O7.ClH.2K.Mg.Na.H3O4P/c7-3(8)1-6(13,5(11)12)2-4(9)10;;;;;;1-5(2,3)4/h13H,1-2H2,(H,7,8)(H,9,10)(H,11,12);1H;;;;;(H3,1,2,3,4)/q;;2*+1;+2;+1;/p-5. The van der Waals surface area contributed by atoms with Gasteiger partial charge in [-0.1, -0.05) is 0 Å². The van der Waals surface area contributed by atoms with Crippen LogP contribution in [0.25, 0.3) is 0 Å². The van der Waals surface area contributed by atoms with Crippen molar-refractivity contribution in [1.82, 2.24) is 0 Å². The van der Waals surface area contributed by atoms with Gasteiger partial charge in [0, 0.05) is 24.8 Å². The number of halogens is 1. The Morgan fingerprint density at radius 3 is 1.22 bits per heavy atom. The molecule has 0 aromatic heterocycles. The second-order valence-corrected chi connectivity index (χ2v) is 3.89. The summed E-state index contributed by atoms with van der Waals surface area (Å²) in [4.78, 5) is 52.9. The molecule has 0 saturated carbocycles. The van der Waals surface area contributed by atoms with E-state index in [9.17, 15) is 29.7 Å². The number of aliphatic carboxylic acids is 3. The number of carbonyl (C=O) groups excluding carboxylic acids is 3. The Hall–Kier alpha value is 3.81. The number of carboxylic acid groups (broad SMARTS) is 3. The van der Waals surface area contributed by atoms with E-state index in [0.29, 0.717) is 0 Å². The summed E-state index contributed by atoms with van der Waals surface area (Å²) in [6.45, 7) is 0. The summed E-state index contributed by atoms with van der Waals surface area (Å²) in [7, 11) is -4.89. The maximum Gasteiger partial charge on any atom is 2.00 e. The SMILES string of the molecule is O=C([O-])CC(O)(CC(=O)[O-])C(=O)[O-].O=P([O-])(O)O.[Cl-].[K+].[K+].[Mg+2].[Na+]. The molecule has 0 amide bonds. The van der Waals surface area contributed by atoms with Gasteiger partial charge in [-0.3, -0.25) is 4.57 Å². The molecule has 0 bridgehead atoms. The average molecular weight is 447 g/mol. The first-order valence-corrected chi connectivity index (χ1v) is 5.41. The Labute approximate surface area is 260 Å². The minimum Gasteiger partial charge on any atom is -1.00 e.